The van der Waals surface area contributed by atoms with Crippen LogP contribution in [-0.4, -0.2) is 23.5 Å². The van der Waals surface area contributed by atoms with Crippen LogP contribution in [0.5, 0.6) is 5.75 Å². The highest BCUT2D eigenvalue weighted by Gasteiger charge is 2.07. The predicted molar refractivity (Wildman–Crippen MR) is 112 cm³/mol. The lowest BCUT2D eigenvalue weighted by atomic mass is 10.1. The molecule has 1 aromatic heterocycles. The second-order valence-corrected chi connectivity index (χ2v) is 6.91. The normalized spacial score (nSPS) is 10.6. The molecule has 5 nitrogen and oxygen atoms in total. The average Bonchev–Trinajstić information content (AvgIpc) is 2.71. The summed E-state index contributed by atoms with van der Waals surface area (Å²) in [5.41, 5.74) is 3.02. The lowest BCUT2D eigenvalue weighted by molar-refractivity contribution is 0.0954. The molecule has 0 atom stereocenters. The Bertz CT molecular complexity index is 941. The third-order valence-electron chi connectivity index (χ3n) is 4.13. The molecule has 1 heterocycles. The van der Waals surface area contributed by atoms with Gasteiger partial charge in [-0.3, -0.25) is 9.78 Å². The van der Waals surface area contributed by atoms with Gasteiger partial charge in [-0.2, -0.15) is 0 Å². The summed E-state index contributed by atoms with van der Waals surface area (Å²) < 4.78 is 18.6. The molecule has 6 heteroatoms. The zero-order chi connectivity index (χ0) is 20.6. The molecule has 2 aromatic carbocycles. The zero-order valence-electron chi connectivity index (χ0n) is 16.5. The smallest absolute Gasteiger partial charge is 0.252 e. The third kappa shape index (κ3) is 6.31. The summed E-state index contributed by atoms with van der Waals surface area (Å²) in [4.78, 5) is 16.5. The zero-order valence-corrected chi connectivity index (χ0v) is 16.5. The fourth-order valence-electron chi connectivity index (χ4n) is 2.76. The number of rotatable bonds is 8. The molecule has 1 amide bonds. The largest absolute Gasteiger partial charge is 0.491 e. The second kappa shape index (κ2) is 9.68. The molecular weight excluding hydrogens is 369 g/mol. The van der Waals surface area contributed by atoms with Crippen molar-refractivity contribution in [1.29, 1.82) is 0 Å². The molecule has 0 saturated carbocycles. The summed E-state index contributed by atoms with van der Waals surface area (Å²) in [6.45, 7) is 4.42. The minimum absolute atomic E-state index is 0.122. The number of anilines is 2. The topological polar surface area (TPSA) is 63.2 Å². The number of hydrogen-bond donors (Lipinski definition) is 2. The summed E-state index contributed by atoms with van der Waals surface area (Å²) in [6.07, 6.45) is 3.94. The van der Waals surface area contributed by atoms with Gasteiger partial charge in [0.2, 0.25) is 0 Å². The number of amides is 1. The van der Waals surface area contributed by atoms with Gasteiger partial charge in [0, 0.05) is 18.4 Å². The Labute approximate surface area is 169 Å². The Morgan fingerprint density at radius 3 is 2.45 bits per heavy atom. The van der Waals surface area contributed by atoms with E-state index in [1.807, 2.05) is 38.1 Å². The van der Waals surface area contributed by atoms with Crippen LogP contribution in [0.3, 0.4) is 0 Å². The van der Waals surface area contributed by atoms with Crippen LogP contribution in [0.15, 0.2) is 67.0 Å². The lowest BCUT2D eigenvalue weighted by Gasteiger charge is -2.11. The molecule has 0 fully saturated rings. The molecule has 0 aliphatic heterocycles. The monoisotopic (exact) mass is 393 g/mol. The highest BCUT2D eigenvalue weighted by Crippen LogP contribution is 2.21. The Morgan fingerprint density at radius 1 is 1.03 bits per heavy atom. The molecule has 0 radical (unpaired) electrons. The Hall–Kier alpha value is -3.41. The molecule has 0 aliphatic carbocycles. The number of benzene rings is 2. The maximum atomic E-state index is 12.9. The van der Waals surface area contributed by atoms with Crippen molar-refractivity contribution in [2.75, 3.05) is 11.9 Å². The molecule has 150 valence electrons. The summed E-state index contributed by atoms with van der Waals surface area (Å²) in [5, 5.41) is 6.10. The first kappa shape index (κ1) is 20.3. The van der Waals surface area contributed by atoms with Gasteiger partial charge in [-0.15, -0.1) is 0 Å². The van der Waals surface area contributed by atoms with Crippen LogP contribution in [0.4, 0.5) is 15.8 Å². The van der Waals surface area contributed by atoms with Crippen molar-refractivity contribution in [3.05, 3.63) is 83.9 Å². The van der Waals surface area contributed by atoms with Crippen LogP contribution < -0.4 is 15.4 Å². The van der Waals surface area contributed by atoms with E-state index in [9.17, 15) is 9.18 Å². The Balaban J connectivity index is 1.55. The van der Waals surface area contributed by atoms with Gasteiger partial charge in [-0.05, 0) is 68.3 Å². The van der Waals surface area contributed by atoms with E-state index in [2.05, 4.69) is 15.6 Å². The van der Waals surface area contributed by atoms with Crippen molar-refractivity contribution >= 4 is 17.3 Å². The summed E-state index contributed by atoms with van der Waals surface area (Å²) in [7, 11) is 0. The molecule has 29 heavy (non-hydrogen) atoms. The van der Waals surface area contributed by atoms with Gasteiger partial charge in [0.25, 0.3) is 5.91 Å². The fraction of sp³-hybridized carbons (Fsp3) is 0.217. The molecular formula is C23H24FN3O2. The molecule has 0 aliphatic rings. The molecule has 3 rings (SSSR count). The summed E-state index contributed by atoms with van der Waals surface area (Å²) in [6, 6.07) is 15.6. The van der Waals surface area contributed by atoms with Gasteiger partial charge >= 0.3 is 0 Å². The first-order valence-corrected chi connectivity index (χ1v) is 9.51. The highest BCUT2D eigenvalue weighted by atomic mass is 19.1. The maximum Gasteiger partial charge on any atom is 0.252 e. The fourth-order valence-corrected chi connectivity index (χ4v) is 2.76. The van der Waals surface area contributed by atoms with Crippen LogP contribution in [0.1, 0.15) is 29.8 Å². The molecule has 0 bridgehead atoms. The van der Waals surface area contributed by atoms with Crippen LogP contribution in [0.25, 0.3) is 0 Å². The van der Waals surface area contributed by atoms with Crippen molar-refractivity contribution in [1.82, 2.24) is 10.3 Å². The predicted octanol–water partition coefficient (Wildman–Crippen LogP) is 4.72. The van der Waals surface area contributed by atoms with Crippen LogP contribution in [0.2, 0.25) is 0 Å². The molecule has 3 aromatic rings. The third-order valence-corrected chi connectivity index (χ3v) is 4.13. The number of carbonyl (C=O) groups is 1. The van der Waals surface area contributed by atoms with Crippen molar-refractivity contribution in [3.63, 3.8) is 0 Å². The van der Waals surface area contributed by atoms with E-state index >= 15 is 0 Å². The number of halogens is 1. The van der Waals surface area contributed by atoms with Crippen molar-refractivity contribution in [2.45, 2.75) is 26.4 Å². The lowest BCUT2D eigenvalue weighted by Crippen LogP contribution is -2.25. The van der Waals surface area contributed by atoms with Gasteiger partial charge in [0.15, 0.2) is 0 Å². The number of nitrogens with one attached hydrogen (secondary N) is 2. The quantitative estimate of drug-likeness (QED) is 0.581. The van der Waals surface area contributed by atoms with Crippen LogP contribution >= 0.6 is 0 Å². The minimum atomic E-state index is -0.268. The summed E-state index contributed by atoms with van der Waals surface area (Å²) in [5.74, 6) is 0.331. The molecule has 2 N–H and O–H groups in total. The second-order valence-electron chi connectivity index (χ2n) is 6.91. The standard InChI is InChI=1S/C23H24FN3O2/c1-16(2)29-22-9-7-20(8-10-22)27-21-13-18(14-25-15-21)23(28)26-12-11-17-3-5-19(24)6-4-17/h3-10,13-16,27H,11-12H2,1-2H3,(H,26,28). The molecule has 0 spiro atoms. The van der Waals surface area contributed by atoms with E-state index in [1.54, 1.807) is 24.4 Å². The number of nitrogens with zero attached hydrogens (tertiary/aromatic N) is 1. The molecule has 0 saturated heterocycles. The Kier molecular flexibility index (Phi) is 6.79. The average molecular weight is 393 g/mol. The first-order valence-electron chi connectivity index (χ1n) is 9.51. The van der Waals surface area contributed by atoms with Gasteiger partial charge in [-0.1, -0.05) is 12.1 Å². The highest BCUT2D eigenvalue weighted by molar-refractivity contribution is 5.94. The van der Waals surface area contributed by atoms with E-state index in [-0.39, 0.29) is 17.8 Å². The van der Waals surface area contributed by atoms with Gasteiger partial charge in [0.05, 0.1) is 23.6 Å². The number of carbonyl (C=O) groups excluding carboxylic acids is 1. The van der Waals surface area contributed by atoms with Gasteiger partial charge in [0.1, 0.15) is 11.6 Å². The minimum Gasteiger partial charge on any atom is -0.491 e. The van der Waals surface area contributed by atoms with E-state index < -0.39 is 0 Å². The number of pyridine rings is 1. The maximum absolute atomic E-state index is 12.9. The van der Waals surface area contributed by atoms with Crippen LogP contribution in [0, 0.1) is 5.82 Å². The number of aromatic nitrogens is 1. The van der Waals surface area contributed by atoms with E-state index in [0.29, 0.717) is 24.2 Å². The number of hydrogen-bond acceptors (Lipinski definition) is 4. The van der Waals surface area contributed by atoms with Crippen molar-refractivity contribution < 1.29 is 13.9 Å². The van der Waals surface area contributed by atoms with E-state index in [1.165, 1.54) is 18.3 Å². The van der Waals surface area contributed by atoms with Gasteiger partial charge < -0.3 is 15.4 Å². The SMILES string of the molecule is CC(C)Oc1ccc(Nc2cncc(C(=O)NCCc3ccc(F)cc3)c2)cc1. The molecule has 0 unspecified atom stereocenters. The van der Waals surface area contributed by atoms with E-state index in [4.69, 9.17) is 4.74 Å². The summed E-state index contributed by atoms with van der Waals surface area (Å²) >= 11 is 0. The number of ether oxygens (including phenoxy) is 1. The van der Waals surface area contributed by atoms with Crippen molar-refractivity contribution in [3.8, 4) is 5.75 Å². The van der Waals surface area contributed by atoms with Crippen LogP contribution in [-0.2, 0) is 6.42 Å². The Morgan fingerprint density at radius 2 is 1.76 bits per heavy atom. The van der Waals surface area contributed by atoms with Crippen molar-refractivity contribution in [2.24, 2.45) is 0 Å². The van der Waals surface area contributed by atoms with Gasteiger partial charge in [-0.25, -0.2) is 4.39 Å². The first-order chi connectivity index (χ1) is 14.0. The van der Waals surface area contributed by atoms with E-state index in [0.717, 1.165) is 17.0 Å².